The quantitative estimate of drug-likeness (QED) is 0.276. The molecule has 0 spiro atoms. The van der Waals surface area contributed by atoms with Crippen molar-refractivity contribution in [3.05, 3.63) is 131 Å². The van der Waals surface area contributed by atoms with Gasteiger partial charge in [-0.3, -0.25) is 9.69 Å². The summed E-state index contributed by atoms with van der Waals surface area (Å²) in [6.45, 7) is 5.14. The minimum atomic E-state index is -0.536. The van der Waals surface area contributed by atoms with Crippen molar-refractivity contribution in [2.75, 3.05) is 36.4 Å². The van der Waals surface area contributed by atoms with Gasteiger partial charge in [-0.1, -0.05) is 91.0 Å². The SMILES string of the molecule is C[C@H](NC(=O)Nc1cc(C(N)=O)ccc1N1CCN(C(c2ccccc2)c2ccccc2)CC1)c1ccccc1. The van der Waals surface area contributed by atoms with Gasteiger partial charge in [0.25, 0.3) is 0 Å². The van der Waals surface area contributed by atoms with Crippen LogP contribution in [0.2, 0.25) is 0 Å². The standard InChI is InChI=1S/C33H35N5O2/c1-24(25-11-5-2-6-12-25)35-33(40)36-29-23-28(32(34)39)17-18-30(29)37-19-21-38(22-20-37)31(26-13-7-3-8-14-26)27-15-9-4-10-16-27/h2-18,23-24,31H,19-22H2,1H3,(H2,34,39)(H2,35,36,40)/t24-/m0/s1. The lowest BCUT2D eigenvalue weighted by molar-refractivity contribution is 0.1000. The van der Waals surface area contributed by atoms with Gasteiger partial charge in [0.2, 0.25) is 5.91 Å². The fraction of sp³-hybridized carbons (Fsp3) is 0.212. The molecule has 40 heavy (non-hydrogen) atoms. The Labute approximate surface area is 235 Å². The van der Waals surface area contributed by atoms with Gasteiger partial charge in [0.15, 0.2) is 0 Å². The van der Waals surface area contributed by atoms with E-state index < -0.39 is 5.91 Å². The lowest BCUT2D eigenvalue weighted by Crippen LogP contribution is -2.48. The molecular formula is C33H35N5O2. The lowest BCUT2D eigenvalue weighted by atomic mass is 9.96. The number of urea groups is 1. The van der Waals surface area contributed by atoms with Crippen molar-refractivity contribution in [1.82, 2.24) is 10.2 Å². The molecule has 7 nitrogen and oxygen atoms in total. The molecule has 5 rings (SSSR count). The fourth-order valence-electron chi connectivity index (χ4n) is 5.35. The van der Waals surface area contributed by atoms with Crippen molar-refractivity contribution in [2.45, 2.75) is 19.0 Å². The first kappa shape index (κ1) is 27.0. The number of nitrogens with one attached hydrogen (secondary N) is 2. The number of hydrogen-bond acceptors (Lipinski definition) is 4. The molecule has 7 heteroatoms. The van der Waals surface area contributed by atoms with Crippen LogP contribution in [-0.4, -0.2) is 43.0 Å². The van der Waals surface area contributed by atoms with Crippen LogP contribution in [0.25, 0.3) is 0 Å². The predicted octanol–water partition coefficient (Wildman–Crippen LogP) is 5.58. The Kier molecular flexibility index (Phi) is 8.42. The van der Waals surface area contributed by atoms with Gasteiger partial charge < -0.3 is 21.3 Å². The Morgan fingerprint density at radius 1 is 0.725 bits per heavy atom. The number of benzene rings is 4. The molecule has 0 radical (unpaired) electrons. The number of carbonyl (C=O) groups excluding carboxylic acids is 2. The average molecular weight is 534 g/mol. The normalized spacial score (nSPS) is 14.5. The van der Waals surface area contributed by atoms with Crippen LogP contribution in [0, 0.1) is 0 Å². The smallest absolute Gasteiger partial charge is 0.319 e. The minimum absolute atomic E-state index is 0.157. The third kappa shape index (κ3) is 6.33. The molecule has 0 saturated carbocycles. The van der Waals surface area contributed by atoms with Gasteiger partial charge in [-0.05, 0) is 41.8 Å². The van der Waals surface area contributed by atoms with Crippen LogP contribution in [-0.2, 0) is 0 Å². The molecule has 1 atom stereocenters. The van der Waals surface area contributed by atoms with Crippen LogP contribution in [0.15, 0.2) is 109 Å². The predicted molar refractivity (Wildman–Crippen MR) is 160 cm³/mol. The maximum Gasteiger partial charge on any atom is 0.319 e. The van der Waals surface area contributed by atoms with E-state index in [1.54, 1.807) is 12.1 Å². The molecule has 1 aliphatic heterocycles. The first-order valence-electron chi connectivity index (χ1n) is 13.6. The van der Waals surface area contributed by atoms with E-state index in [4.69, 9.17) is 5.73 Å². The molecule has 0 aromatic heterocycles. The Morgan fingerprint density at radius 3 is 1.77 bits per heavy atom. The second kappa shape index (κ2) is 12.5. The number of carbonyl (C=O) groups is 2. The van der Waals surface area contributed by atoms with Gasteiger partial charge in [0, 0.05) is 31.7 Å². The molecule has 0 aliphatic carbocycles. The van der Waals surface area contributed by atoms with E-state index in [1.807, 2.05) is 55.5 Å². The molecular weight excluding hydrogens is 498 g/mol. The van der Waals surface area contributed by atoms with Crippen LogP contribution in [0.1, 0.15) is 46.1 Å². The van der Waals surface area contributed by atoms with Gasteiger partial charge in [0.1, 0.15) is 0 Å². The van der Waals surface area contributed by atoms with E-state index >= 15 is 0 Å². The zero-order valence-electron chi connectivity index (χ0n) is 22.7. The molecule has 0 unspecified atom stereocenters. The van der Waals surface area contributed by atoms with Crippen LogP contribution >= 0.6 is 0 Å². The van der Waals surface area contributed by atoms with Gasteiger partial charge >= 0.3 is 6.03 Å². The highest BCUT2D eigenvalue weighted by molar-refractivity contribution is 5.99. The summed E-state index contributed by atoms with van der Waals surface area (Å²) < 4.78 is 0. The molecule has 1 fully saturated rings. The molecule has 3 amide bonds. The number of hydrogen-bond donors (Lipinski definition) is 3. The van der Waals surface area contributed by atoms with Crippen molar-refractivity contribution in [3.63, 3.8) is 0 Å². The molecule has 1 saturated heterocycles. The first-order chi connectivity index (χ1) is 19.5. The van der Waals surface area contributed by atoms with E-state index in [1.165, 1.54) is 11.1 Å². The Balaban J connectivity index is 1.33. The molecule has 4 aromatic rings. The fourth-order valence-corrected chi connectivity index (χ4v) is 5.35. The van der Waals surface area contributed by atoms with E-state index in [9.17, 15) is 9.59 Å². The van der Waals surface area contributed by atoms with Gasteiger partial charge in [-0.2, -0.15) is 0 Å². The number of nitrogens with zero attached hydrogens (tertiary/aromatic N) is 2. The highest BCUT2D eigenvalue weighted by Gasteiger charge is 2.27. The van der Waals surface area contributed by atoms with Crippen molar-refractivity contribution < 1.29 is 9.59 Å². The number of rotatable bonds is 8. The average Bonchev–Trinajstić information content (AvgIpc) is 2.99. The van der Waals surface area contributed by atoms with Crippen LogP contribution < -0.4 is 21.3 Å². The zero-order chi connectivity index (χ0) is 27.9. The maximum absolute atomic E-state index is 13.0. The van der Waals surface area contributed by atoms with Crippen LogP contribution in [0.4, 0.5) is 16.2 Å². The van der Waals surface area contributed by atoms with Crippen molar-refractivity contribution in [2.24, 2.45) is 5.73 Å². The first-order valence-corrected chi connectivity index (χ1v) is 13.6. The topological polar surface area (TPSA) is 90.7 Å². The molecule has 204 valence electrons. The van der Waals surface area contributed by atoms with Crippen molar-refractivity contribution in [3.8, 4) is 0 Å². The summed E-state index contributed by atoms with van der Waals surface area (Å²) in [5.41, 5.74) is 10.9. The number of nitrogens with two attached hydrogens (primary N) is 1. The summed E-state index contributed by atoms with van der Waals surface area (Å²) in [6.07, 6.45) is 0. The van der Waals surface area contributed by atoms with Gasteiger partial charge in [0.05, 0.1) is 23.5 Å². The Morgan fingerprint density at radius 2 is 1.25 bits per heavy atom. The molecule has 0 bridgehead atoms. The zero-order valence-corrected chi connectivity index (χ0v) is 22.7. The maximum atomic E-state index is 13.0. The van der Waals surface area contributed by atoms with Crippen molar-refractivity contribution >= 4 is 23.3 Å². The van der Waals surface area contributed by atoms with E-state index in [0.29, 0.717) is 11.3 Å². The summed E-state index contributed by atoms with van der Waals surface area (Å²) >= 11 is 0. The van der Waals surface area contributed by atoms with E-state index in [-0.39, 0.29) is 18.1 Å². The number of piperazine rings is 1. The highest BCUT2D eigenvalue weighted by atomic mass is 16.2. The number of anilines is 2. The summed E-state index contributed by atoms with van der Waals surface area (Å²) in [5.74, 6) is -0.536. The van der Waals surface area contributed by atoms with Gasteiger partial charge in [-0.25, -0.2) is 4.79 Å². The molecule has 4 N–H and O–H groups in total. The van der Waals surface area contributed by atoms with Gasteiger partial charge in [-0.15, -0.1) is 0 Å². The molecule has 1 aliphatic rings. The van der Waals surface area contributed by atoms with Crippen molar-refractivity contribution in [1.29, 1.82) is 0 Å². The van der Waals surface area contributed by atoms with E-state index in [0.717, 1.165) is 37.4 Å². The van der Waals surface area contributed by atoms with Crippen LogP contribution in [0.5, 0.6) is 0 Å². The summed E-state index contributed by atoms with van der Waals surface area (Å²) in [5, 5.41) is 5.97. The monoisotopic (exact) mass is 533 g/mol. The summed E-state index contributed by atoms with van der Waals surface area (Å²) in [6, 6.07) is 35.8. The minimum Gasteiger partial charge on any atom is -0.367 e. The second-order valence-corrected chi connectivity index (χ2v) is 10.1. The largest absolute Gasteiger partial charge is 0.367 e. The number of primary amides is 1. The third-order valence-electron chi connectivity index (χ3n) is 7.43. The van der Waals surface area contributed by atoms with E-state index in [2.05, 4.69) is 69.0 Å². The summed E-state index contributed by atoms with van der Waals surface area (Å²) in [7, 11) is 0. The Bertz CT molecular complexity index is 1380. The molecule has 4 aromatic carbocycles. The highest BCUT2D eigenvalue weighted by Crippen LogP contribution is 2.33. The molecule has 1 heterocycles. The van der Waals surface area contributed by atoms with Crippen LogP contribution in [0.3, 0.4) is 0 Å². The summed E-state index contributed by atoms with van der Waals surface area (Å²) in [4.78, 5) is 29.7. The number of amides is 3. The Hall–Kier alpha value is -4.62. The second-order valence-electron chi connectivity index (χ2n) is 10.1. The lowest BCUT2D eigenvalue weighted by Gasteiger charge is -2.41. The third-order valence-corrected chi connectivity index (χ3v) is 7.43.